The first-order valence-corrected chi connectivity index (χ1v) is 13.3. The van der Waals surface area contributed by atoms with Crippen LogP contribution in [0.3, 0.4) is 0 Å². The van der Waals surface area contributed by atoms with E-state index in [9.17, 15) is 19.2 Å². The van der Waals surface area contributed by atoms with Crippen molar-refractivity contribution >= 4 is 49.8 Å². The molecule has 1 unspecified atom stereocenters. The van der Waals surface area contributed by atoms with Crippen LogP contribution in [-0.2, 0) is 14.3 Å². The summed E-state index contributed by atoms with van der Waals surface area (Å²) in [5, 5.41) is 11.0. The lowest BCUT2D eigenvalue weighted by Gasteiger charge is -2.24. The first kappa shape index (κ1) is 33.8. The van der Waals surface area contributed by atoms with E-state index in [1.807, 2.05) is 0 Å². The van der Waals surface area contributed by atoms with E-state index >= 15 is 0 Å². The van der Waals surface area contributed by atoms with E-state index in [0.717, 1.165) is 12.3 Å². The van der Waals surface area contributed by atoms with Gasteiger partial charge in [0.2, 0.25) is 11.8 Å². The standard InChI is InChI=1S/C16H27N3O4.C4H2Br2N2O.C4H10/c1-5-6-9-17-14(21)12-8-7-10-19(12)13(20)11-18-15(22)23-16(2,3)4;5-2-1-7-8-4(9)3(2)6;1-4(2)3/h5,12H,1,6-11H2,2-4H3,(H,17,21)(H,18,22);1H,(H,8,9);4H,1-3H3. The molecule has 1 aliphatic rings. The highest BCUT2D eigenvalue weighted by Crippen LogP contribution is 2.17. The van der Waals surface area contributed by atoms with Crippen molar-refractivity contribution in [1.29, 1.82) is 0 Å². The van der Waals surface area contributed by atoms with Crippen LogP contribution in [0.5, 0.6) is 0 Å². The van der Waals surface area contributed by atoms with Crippen LogP contribution in [0, 0.1) is 5.92 Å². The number of nitrogens with one attached hydrogen (secondary N) is 3. The van der Waals surface area contributed by atoms with Crippen LogP contribution < -0.4 is 16.2 Å². The molecule has 0 spiro atoms. The number of hydrogen-bond acceptors (Lipinski definition) is 6. The van der Waals surface area contributed by atoms with Crippen molar-refractivity contribution in [3.63, 3.8) is 0 Å². The summed E-state index contributed by atoms with van der Waals surface area (Å²) < 4.78 is 6.21. The van der Waals surface area contributed by atoms with E-state index in [1.54, 1.807) is 26.8 Å². The van der Waals surface area contributed by atoms with Gasteiger partial charge >= 0.3 is 6.09 Å². The van der Waals surface area contributed by atoms with Crippen LogP contribution in [0.2, 0.25) is 0 Å². The molecule has 1 atom stereocenters. The molecule has 1 aromatic heterocycles. The minimum atomic E-state index is -0.642. The van der Waals surface area contributed by atoms with Crippen LogP contribution in [0.4, 0.5) is 4.79 Å². The number of rotatable bonds is 6. The SMILES string of the molecule is C=CCCNC(=O)C1CCCN1C(=O)CNC(=O)OC(C)(C)C.CC(C)C.O=c1[nH]ncc(Br)c1Br. The summed E-state index contributed by atoms with van der Waals surface area (Å²) in [7, 11) is 0. The number of H-pyrrole nitrogens is 1. The largest absolute Gasteiger partial charge is 0.444 e. The average Bonchev–Trinajstić information content (AvgIpc) is 3.25. The van der Waals surface area contributed by atoms with Crippen molar-refractivity contribution in [2.75, 3.05) is 19.6 Å². The molecular formula is C24H39Br2N5O5. The molecule has 0 aromatic carbocycles. The highest BCUT2D eigenvalue weighted by Gasteiger charge is 2.33. The molecule has 1 aromatic rings. The predicted molar refractivity (Wildman–Crippen MR) is 148 cm³/mol. The van der Waals surface area contributed by atoms with Gasteiger partial charge in [-0.1, -0.05) is 26.8 Å². The van der Waals surface area contributed by atoms with Crippen molar-refractivity contribution in [2.45, 2.75) is 72.4 Å². The maximum absolute atomic E-state index is 12.2. The molecule has 1 saturated heterocycles. The Hall–Kier alpha value is -2.21. The molecule has 0 saturated carbocycles. The predicted octanol–water partition coefficient (Wildman–Crippen LogP) is 4.15. The van der Waals surface area contributed by atoms with Crippen molar-refractivity contribution in [2.24, 2.45) is 5.92 Å². The third kappa shape index (κ3) is 15.0. The lowest BCUT2D eigenvalue weighted by atomic mass is 10.2. The van der Waals surface area contributed by atoms with Gasteiger partial charge in [-0.05, 0) is 77.8 Å². The molecule has 0 radical (unpaired) electrons. The van der Waals surface area contributed by atoms with Crippen molar-refractivity contribution in [1.82, 2.24) is 25.7 Å². The van der Waals surface area contributed by atoms with E-state index in [-0.39, 0.29) is 23.9 Å². The molecule has 0 bridgehead atoms. The normalized spacial score (nSPS) is 14.6. The Morgan fingerprint density at radius 3 is 2.39 bits per heavy atom. The Morgan fingerprint density at radius 2 is 1.89 bits per heavy atom. The first-order chi connectivity index (χ1) is 16.7. The average molecular weight is 637 g/mol. The molecule has 3 amide bonds. The molecule has 0 aliphatic carbocycles. The van der Waals surface area contributed by atoms with Gasteiger partial charge in [0.05, 0.1) is 15.1 Å². The van der Waals surface area contributed by atoms with Gasteiger partial charge in [0, 0.05) is 13.1 Å². The third-order valence-corrected chi connectivity index (χ3v) is 5.98. The summed E-state index contributed by atoms with van der Waals surface area (Å²) in [4.78, 5) is 48.1. The number of carbonyl (C=O) groups is 3. The molecule has 2 heterocycles. The Kier molecular flexibility index (Phi) is 16.2. The maximum atomic E-state index is 12.2. The summed E-state index contributed by atoms with van der Waals surface area (Å²) in [5.41, 5.74) is -0.849. The van der Waals surface area contributed by atoms with Gasteiger partial charge in [-0.2, -0.15) is 5.10 Å². The number of halogens is 2. The fourth-order valence-corrected chi connectivity index (χ4v) is 3.15. The Balaban J connectivity index is 0.000000769. The van der Waals surface area contributed by atoms with E-state index in [0.29, 0.717) is 34.9 Å². The van der Waals surface area contributed by atoms with Gasteiger partial charge in [-0.3, -0.25) is 14.4 Å². The molecule has 1 aliphatic heterocycles. The number of carbonyl (C=O) groups excluding carboxylic acids is 3. The molecule has 204 valence electrons. The quantitative estimate of drug-likeness (QED) is 0.317. The number of aromatic nitrogens is 2. The minimum absolute atomic E-state index is 0.157. The number of ether oxygens (including phenoxy) is 1. The van der Waals surface area contributed by atoms with E-state index < -0.39 is 17.7 Å². The number of aromatic amines is 1. The van der Waals surface area contributed by atoms with Gasteiger partial charge in [0.1, 0.15) is 18.2 Å². The van der Waals surface area contributed by atoms with Crippen LogP contribution in [0.15, 0.2) is 32.6 Å². The zero-order valence-electron chi connectivity index (χ0n) is 22.0. The number of likely N-dealkylation sites (tertiary alicyclic amines) is 1. The van der Waals surface area contributed by atoms with Crippen LogP contribution in [0.25, 0.3) is 0 Å². The Morgan fingerprint density at radius 1 is 1.28 bits per heavy atom. The number of hydrogen-bond donors (Lipinski definition) is 3. The number of amides is 3. The summed E-state index contributed by atoms with van der Waals surface area (Å²) in [6.45, 7) is 16.2. The number of alkyl carbamates (subject to hydrolysis) is 1. The summed E-state index contributed by atoms with van der Waals surface area (Å²) in [5.74, 6) is 0.396. The molecule has 10 nitrogen and oxygen atoms in total. The second kappa shape index (κ2) is 17.3. The monoisotopic (exact) mass is 635 g/mol. The molecule has 1 fully saturated rings. The second-order valence-electron chi connectivity index (χ2n) is 9.56. The summed E-state index contributed by atoms with van der Waals surface area (Å²) in [6, 6.07) is -0.465. The Labute approximate surface area is 230 Å². The highest BCUT2D eigenvalue weighted by molar-refractivity contribution is 9.13. The third-order valence-electron chi connectivity index (χ3n) is 4.06. The van der Waals surface area contributed by atoms with E-state index in [2.05, 4.69) is 80.0 Å². The molecule has 3 N–H and O–H groups in total. The van der Waals surface area contributed by atoms with Gasteiger partial charge in [-0.25, -0.2) is 9.89 Å². The first-order valence-electron chi connectivity index (χ1n) is 11.7. The molecule has 36 heavy (non-hydrogen) atoms. The zero-order chi connectivity index (χ0) is 27.9. The molecule has 2 rings (SSSR count). The smallest absolute Gasteiger partial charge is 0.408 e. The van der Waals surface area contributed by atoms with Crippen LogP contribution >= 0.6 is 31.9 Å². The van der Waals surface area contributed by atoms with Gasteiger partial charge in [0.25, 0.3) is 5.56 Å². The van der Waals surface area contributed by atoms with Crippen LogP contribution in [0.1, 0.15) is 60.8 Å². The van der Waals surface area contributed by atoms with E-state index in [4.69, 9.17) is 4.74 Å². The topological polar surface area (TPSA) is 133 Å². The lowest BCUT2D eigenvalue weighted by Crippen LogP contribution is -2.49. The van der Waals surface area contributed by atoms with Gasteiger partial charge in [0.15, 0.2) is 0 Å². The van der Waals surface area contributed by atoms with Gasteiger partial charge in [-0.15, -0.1) is 6.58 Å². The molecular weight excluding hydrogens is 598 g/mol. The second-order valence-corrected chi connectivity index (χ2v) is 11.2. The van der Waals surface area contributed by atoms with Crippen molar-refractivity contribution < 1.29 is 19.1 Å². The minimum Gasteiger partial charge on any atom is -0.444 e. The fourth-order valence-electron chi connectivity index (χ4n) is 2.68. The van der Waals surface area contributed by atoms with Gasteiger partial charge < -0.3 is 20.3 Å². The molecule has 12 heteroatoms. The van der Waals surface area contributed by atoms with Crippen molar-refractivity contribution in [3.8, 4) is 0 Å². The fraction of sp³-hybridized carbons (Fsp3) is 0.625. The highest BCUT2D eigenvalue weighted by atomic mass is 79.9. The van der Waals surface area contributed by atoms with Crippen LogP contribution in [-0.4, -0.2) is 64.3 Å². The maximum Gasteiger partial charge on any atom is 0.408 e. The number of nitrogens with zero attached hydrogens (tertiary/aromatic N) is 2. The Bertz CT molecular complexity index is 912. The lowest BCUT2D eigenvalue weighted by molar-refractivity contribution is -0.137. The van der Waals surface area contributed by atoms with E-state index in [1.165, 1.54) is 11.1 Å². The summed E-state index contributed by atoms with van der Waals surface area (Å²) in [6.07, 6.45) is 4.69. The zero-order valence-corrected chi connectivity index (χ0v) is 25.1. The summed E-state index contributed by atoms with van der Waals surface area (Å²) >= 11 is 6.17. The van der Waals surface area contributed by atoms with Crippen molar-refractivity contribution in [3.05, 3.63) is 38.2 Å².